The molecule has 1 heterocycles. The lowest BCUT2D eigenvalue weighted by molar-refractivity contribution is -0.394. The zero-order chi connectivity index (χ0) is 15.9. The molecule has 0 atom stereocenters. The van der Waals surface area contributed by atoms with Crippen molar-refractivity contribution in [1.29, 1.82) is 0 Å². The summed E-state index contributed by atoms with van der Waals surface area (Å²) >= 11 is 0. The second-order valence-electron chi connectivity index (χ2n) is 4.24. The number of nitrogens with zero attached hydrogens (tertiary/aromatic N) is 4. The molecular weight excluding hydrogens is 288 g/mol. The van der Waals surface area contributed by atoms with E-state index in [0.29, 0.717) is 0 Å². The SMILES string of the molecule is CC=C(NNC(=O)Cn1cnc([N+](=O)[O-])n1)c1ccccc1. The summed E-state index contributed by atoms with van der Waals surface area (Å²) in [5, 5.41) is 14.0. The molecule has 2 aromatic rings. The molecule has 0 radical (unpaired) electrons. The molecule has 114 valence electrons. The van der Waals surface area contributed by atoms with E-state index in [4.69, 9.17) is 0 Å². The lowest BCUT2D eigenvalue weighted by Gasteiger charge is -2.11. The molecule has 0 saturated carbocycles. The van der Waals surface area contributed by atoms with Gasteiger partial charge in [0.2, 0.25) is 6.33 Å². The minimum atomic E-state index is -0.722. The van der Waals surface area contributed by atoms with Gasteiger partial charge in [-0.3, -0.25) is 15.6 Å². The molecule has 0 aliphatic carbocycles. The van der Waals surface area contributed by atoms with Gasteiger partial charge >= 0.3 is 5.95 Å². The molecule has 1 amide bonds. The third kappa shape index (κ3) is 3.88. The minimum absolute atomic E-state index is 0.181. The van der Waals surface area contributed by atoms with E-state index in [0.717, 1.165) is 22.3 Å². The van der Waals surface area contributed by atoms with E-state index in [1.165, 1.54) is 0 Å². The molecule has 2 rings (SSSR count). The summed E-state index contributed by atoms with van der Waals surface area (Å²) in [5.74, 6) is -0.950. The van der Waals surface area contributed by atoms with Crippen molar-refractivity contribution in [2.24, 2.45) is 0 Å². The van der Waals surface area contributed by atoms with Crippen molar-refractivity contribution in [1.82, 2.24) is 25.6 Å². The molecule has 1 aromatic heterocycles. The van der Waals surface area contributed by atoms with Crippen molar-refractivity contribution in [2.45, 2.75) is 13.5 Å². The van der Waals surface area contributed by atoms with Crippen LogP contribution in [0.4, 0.5) is 5.95 Å². The normalized spacial score (nSPS) is 11.0. The Kier molecular flexibility index (Phi) is 4.81. The van der Waals surface area contributed by atoms with Crippen LogP contribution in [0.25, 0.3) is 5.70 Å². The number of nitro groups is 1. The van der Waals surface area contributed by atoms with Crippen LogP contribution in [-0.4, -0.2) is 25.6 Å². The van der Waals surface area contributed by atoms with Gasteiger partial charge in [0, 0.05) is 5.10 Å². The van der Waals surface area contributed by atoms with Crippen LogP contribution in [0.15, 0.2) is 42.7 Å². The van der Waals surface area contributed by atoms with E-state index < -0.39 is 16.8 Å². The average Bonchev–Trinajstić information content (AvgIpc) is 2.97. The Bertz CT molecular complexity index is 695. The zero-order valence-electron chi connectivity index (χ0n) is 11.8. The van der Waals surface area contributed by atoms with Crippen LogP contribution in [0.3, 0.4) is 0 Å². The molecule has 0 fully saturated rings. The van der Waals surface area contributed by atoms with E-state index in [-0.39, 0.29) is 6.54 Å². The van der Waals surface area contributed by atoms with E-state index in [9.17, 15) is 14.9 Å². The van der Waals surface area contributed by atoms with E-state index >= 15 is 0 Å². The van der Waals surface area contributed by atoms with Crippen LogP contribution in [0, 0.1) is 10.1 Å². The number of carbonyl (C=O) groups excluding carboxylic acids is 1. The fraction of sp³-hybridized carbons (Fsp3) is 0.154. The zero-order valence-corrected chi connectivity index (χ0v) is 11.8. The Hall–Kier alpha value is -3.23. The summed E-state index contributed by atoms with van der Waals surface area (Å²) in [7, 11) is 0. The number of nitrogens with one attached hydrogen (secondary N) is 2. The van der Waals surface area contributed by atoms with Gasteiger partial charge < -0.3 is 10.1 Å². The van der Waals surface area contributed by atoms with Crippen molar-refractivity contribution in [3.8, 4) is 0 Å². The molecule has 2 N–H and O–H groups in total. The van der Waals surface area contributed by atoms with Crippen molar-refractivity contribution in [3.05, 3.63) is 58.4 Å². The molecule has 0 bridgehead atoms. The van der Waals surface area contributed by atoms with Crippen LogP contribution >= 0.6 is 0 Å². The first-order chi connectivity index (χ1) is 10.6. The highest BCUT2D eigenvalue weighted by Gasteiger charge is 2.15. The highest BCUT2D eigenvalue weighted by Crippen LogP contribution is 2.09. The van der Waals surface area contributed by atoms with Gasteiger partial charge in [-0.05, 0) is 17.4 Å². The van der Waals surface area contributed by atoms with Gasteiger partial charge in [0.05, 0.1) is 5.70 Å². The summed E-state index contributed by atoms with van der Waals surface area (Å²) in [6, 6.07) is 9.46. The molecule has 0 aliphatic rings. The number of benzene rings is 1. The molecule has 0 aliphatic heterocycles. The Morgan fingerprint density at radius 1 is 1.36 bits per heavy atom. The predicted octanol–water partition coefficient (Wildman–Crippen LogP) is 0.868. The van der Waals surface area contributed by atoms with Crippen molar-refractivity contribution >= 4 is 17.6 Å². The second kappa shape index (κ2) is 6.97. The molecule has 9 nitrogen and oxygen atoms in total. The monoisotopic (exact) mass is 302 g/mol. The summed E-state index contributed by atoms with van der Waals surface area (Å²) < 4.78 is 1.09. The Labute approximate surface area is 125 Å². The Morgan fingerprint density at radius 3 is 2.68 bits per heavy atom. The van der Waals surface area contributed by atoms with E-state index in [1.54, 1.807) is 0 Å². The fourth-order valence-corrected chi connectivity index (χ4v) is 1.70. The molecular formula is C13H14N6O3. The van der Waals surface area contributed by atoms with Gasteiger partial charge in [0.15, 0.2) is 0 Å². The quantitative estimate of drug-likeness (QED) is 0.604. The van der Waals surface area contributed by atoms with Crippen LogP contribution in [-0.2, 0) is 11.3 Å². The number of hydrogen-bond acceptors (Lipinski definition) is 6. The summed E-state index contributed by atoms with van der Waals surface area (Å²) in [4.78, 5) is 25.0. The van der Waals surface area contributed by atoms with Gasteiger partial charge in [-0.1, -0.05) is 41.4 Å². The highest BCUT2D eigenvalue weighted by atomic mass is 16.6. The second-order valence-corrected chi connectivity index (χ2v) is 4.24. The number of aromatic nitrogens is 3. The first-order valence-corrected chi connectivity index (χ1v) is 6.40. The van der Waals surface area contributed by atoms with Gasteiger partial charge in [0.25, 0.3) is 5.91 Å². The van der Waals surface area contributed by atoms with Crippen LogP contribution in [0.2, 0.25) is 0 Å². The summed E-state index contributed by atoms with van der Waals surface area (Å²) in [5.41, 5.74) is 6.96. The molecule has 0 spiro atoms. The number of carbonyl (C=O) groups is 1. The standard InChI is InChI=1S/C13H14N6O3/c1-2-11(10-6-4-3-5-7-10)15-16-12(20)8-18-9-14-13(17-18)19(21)22/h2-7,9,15H,8H2,1H3,(H,16,20). The van der Waals surface area contributed by atoms with Crippen LogP contribution < -0.4 is 10.9 Å². The Morgan fingerprint density at radius 2 is 2.09 bits per heavy atom. The maximum atomic E-state index is 11.8. The van der Waals surface area contributed by atoms with Crippen molar-refractivity contribution in [3.63, 3.8) is 0 Å². The number of hydrazine groups is 1. The first kappa shape index (κ1) is 15.2. The number of allylic oxidation sites excluding steroid dienone is 1. The van der Waals surface area contributed by atoms with Gasteiger partial charge in [-0.15, -0.1) is 0 Å². The first-order valence-electron chi connectivity index (χ1n) is 6.40. The third-order valence-corrected chi connectivity index (χ3v) is 2.70. The average molecular weight is 302 g/mol. The third-order valence-electron chi connectivity index (χ3n) is 2.70. The summed E-state index contributed by atoms with van der Waals surface area (Å²) in [6.07, 6.45) is 2.95. The maximum absolute atomic E-state index is 11.8. The fourth-order valence-electron chi connectivity index (χ4n) is 1.70. The van der Waals surface area contributed by atoms with Crippen molar-refractivity contribution < 1.29 is 9.72 Å². The molecule has 0 unspecified atom stereocenters. The number of rotatable bonds is 6. The molecule has 9 heteroatoms. The molecule has 1 aromatic carbocycles. The lowest BCUT2D eigenvalue weighted by Crippen LogP contribution is -2.38. The predicted molar refractivity (Wildman–Crippen MR) is 78.0 cm³/mol. The molecule has 22 heavy (non-hydrogen) atoms. The van der Waals surface area contributed by atoms with Crippen LogP contribution in [0.1, 0.15) is 12.5 Å². The van der Waals surface area contributed by atoms with Crippen LogP contribution in [0.5, 0.6) is 0 Å². The maximum Gasteiger partial charge on any atom is 0.490 e. The summed E-state index contributed by atoms with van der Waals surface area (Å²) in [6.45, 7) is 1.65. The van der Waals surface area contributed by atoms with Gasteiger partial charge in [0.1, 0.15) is 6.54 Å². The molecule has 0 saturated heterocycles. The van der Waals surface area contributed by atoms with Gasteiger partial charge in [-0.2, -0.15) is 4.68 Å². The lowest BCUT2D eigenvalue weighted by atomic mass is 10.1. The van der Waals surface area contributed by atoms with Crippen molar-refractivity contribution in [2.75, 3.05) is 0 Å². The number of hydrogen-bond donors (Lipinski definition) is 2. The van der Waals surface area contributed by atoms with E-state index in [2.05, 4.69) is 20.9 Å². The minimum Gasteiger partial charge on any atom is -0.390 e. The Balaban J connectivity index is 1.90. The largest absolute Gasteiger partial charge is 0.490 e. The van der Waals surface area contributed by atoms with Gasteiger partial charge in [-0.25, -0.2) is 0 Å². The smallest absolute Gasteiger partial charge is 0.390 e. The highest BCUT2D eigenvalue weighted by molar-refractivity contribution is 5.77. The number of amides is 1. The van der Waals surface area contributed by atoms with E-state index in [1.807, 2.05) is 43.3 Å². The topological polar surface area (TPSA) is 115 Å².